The summed E-state index contributed by atoms with van der Waals surface area (Å²) in [5.41, 5.74) is 8.05. The SMILES string of the molecule is Cc1cnc(N2CC/C(=C\C3=C(C(=O)O)N4C(=O)[C@@H](N)[C@H]4SC3)C2=O)c(C)n1.O=C(O)C(F)(F)F. The van der Waals surface area contributed by atoms with Gasteiger partial charge in [0.1, 0.15) is 17.1 Å². The first kappa shape index (κ1) is 26.2. The van der Waals surface area contributed by atoms with Crippen molar-refractivity contribution in [3.63, 3.8) is 0 Å². The first-order valence-electron chi connectivity index (χ1n) is 10.0. The predicted molar refractivity (Wildman–Crippen MR) is 116 cm³/mol. The quantitative estimate of drug-likeness (QED) is 0.390. The number of carbonyl (C=O) groups is 4. The molecule has 1 aromatic rings. The Balaban J connectivity index is 0.000000429. The number of thioether (sulfide) groups is 1. The predicted octanol–water partition coefficient (Wildman–Crippen LogP) is 0.971. The summed E-state index contributed by atoms with van der Waals surface area (Å²) in [4.78, 5) is 57.0. The number of carboxylic acids is 2. The summed E-state index contributed by atoms with van der Waals surface area (Å²) in [5.74, 6) is -3.70. The number of alkyl halides is 3. The number of aromatic nitrogens is 2. The minimum atomic E-state index is -5.08. The number of nitrogens with zero attached hydrogens (tertiary/aromatic N) is 4. The number of carbonyl (C=O) groups excluding carboxylic acids is 2. The molecular formula is C20H20F3N5O6S. The standard InChI is InChI=1S/C18H19N5O4S.C2HF3O2/c1-8-6-20-14(9(2)21-8)22-4-3-10(15(22)24)5-11-7-28-17-12(19)16(25)23(17)13(11)18(26)27;3-2(4,5)1(6)7/h5-6,12,17H,3-4,7,19H2,1-2H3,(H,26,27);(H,6,7)/b10-5+;/t12-,17-;/m1./s1. The van der Waals surface area contributed by atoms with Gasteiger partial charge < -0.3 is 15.9 Å². The number of allylic oxidation sites excluding steroid dienone is 1. The summed E-state index contributed by atoms with van der Waals surface area (Å²) in [7, 11) is 0. The third kappa shape index (κ3) is 5.14. The number of aliphatic carboxylic acids is 2. The van der Waals surface area contributed by atoms with Crippen LogP contribution in [0.2, 0.25) is 0 Å². The summed E-state index contributed by atoms with van der Waals surface area (Å²) >= 11 is 1.41. The minimum absolute atomic E-state index is 0.0829. The maximum atomic E-state index is 12.9. The third-order valence-electron chi connectivity index (χ3n) is 5.25. The molecule has 3 aliphatic rings. The van der Waals surface area contributed by atoms with Crippen LogP contribution in [0.5, 0.6) is 0 Å². The molecule has 2 atom stereocenters. The number of fused-ring (bicyclic) bond motifs is 1. The molecule has 0 aliphatic carbocycles. The highest BCUT2D eigenvalue weighted by Gasteiger charge is 2.51. The van der Waals surface area contributed by atoms with Gasteiger partial charge in [0.15, 0.2) is 5.82 Å². The number of amides is 2. The molecule has 35 heavy (non-hydrogen) atoms. The molecule has 188 valence electrons. The van der Waals surface area contributed by atoms with Gasteiger partial charge in [-0.25, -0.2) is 14.6 Å². The summed E-state index contributed by atoms with van der Waals surface area (Å²) in [6.07, 6.45) is -1.41. The second kappa shape index (κ2) is 9.65. The van der Waals surface area contributed by atoms with Gasteiger partial charge in [-0.05, 0) is 31.9 Å². The van der Waals surface area contributed by atoms with Crippen molar-refractivity contribution >= 4 is 41.3 Å². The molecular weight excluding hydrogens is 495 g/mol. The van der Waals surface area contributed by atoms with Crippen molar-refractivity contribution in [3.8, 4) is 0 Å². The Morgan fingerprint density at radius 1 is 1.26 bits per heavy atom. The fraction of sp³-hybridized carbons (Fsp3) is 0.400. The van der Waals surface area contributed by atoms with Gasteiger partial charge in [-0.2, -0.15) is 13.2 Å². The van der Waals surface area contributed by atoms with Gasteiger partial charge in [0.25, 0.3) is 5.91 Å². The smallest absolute Gasteiger partial charge is 0.477 e. The van der Waals surface area contributed by atoms with E-state index in [-0.39, 0.29) is 17.0 Å². The van der Waals surface area contributed by atoms with Crippen molar-refractivity contribution in [2.45, 2.75) is 37.9 Å². The van der Waals surface area contributed by atoms with Crippen molar-refractivity contribution in [2.24, 2.45) is 5.73 Å². The number of carboxylic acid groups (broad SMARTS) is 2. The normalized spacial score (nSPS) is 23.1. The van der Waals surface area contributed by atoms with Gasteiger partial charge in [0, 0.05) is 17.9 Å². The molecule has 0 unspecified atom stereocenters. The van der Waals surface area contributed by atoms with E-state index in [1.165, 1.54) is 16.7 Å². The van der Waals surface area contributed by atoms with Crippen LogP contribution in [0.15, 0.2) is 29.1 Å². The van der Waals surface area contributed by atoms with Crippen molar-refractivity contribution in [2.75, 3.05) is 17.2 Å². The van der Waals surface area contributed by atoms with E-state index in [1.807, 2.05) is 6.92 Å². The van der Waals surface area contributed by atoms with Gasteiger partial charge in [-0.15, -0.1) is 11.8 Å². The zero-order valence-corrected chi connectivity index (χ0v) is 19.2. The molecule has 2 fully saturated rings. The molecule has 4 rings (SSSR count). The second-order valence-corrected chi connectivity index (χ2v) is 8.82. The van der Waals surface area contributed by atoms with E-state index in [4.69, 9.17) is 15.6 Å². The second-order valence-electron chi connectivity index (χ2n) is 7.71. The third-order valence-corrected chi connectivity index (χ3v) is 6.58. The molecule has 2 saturated heterocycles. The molecule has 0 aromatic carbocycles. The van der Waals surface area contributed by atoms with Gasteiger partial charge in [-0.1, -0.05) is 0 Å². The molecule has 3 aliphatic heterocycles. The molecule has 0 saturated carbocycles. The molecule has 4 heterocycles. The lowest BCUT2D eigenvalue weighted by molar-refractivity contribution is -0.192. The lowest BCUT2D eigenvalue weighted by atomic mass is 10.0. The Hall–Kier alpha value is -3.46. The van der Waals surface area contributed by atoms with Crippen LogP contribution in [0.4, 0.5) is 19.0 Å². The molecule has 0 bridgehead atoms. The zero-order valence-electron chi connectivity index (χ0n) is 18.4. The number of anilines is 1. The largest absolute Gasteiger partial charge is 0.490 e. The van der Waals surface area contributed by atoms with Gasteiger partial charge >= 0.3 is 18.1 Å². The van der Waals surface area contributed by atoms with Crippen LogP contribution in [0.25, 0.3) is 0 Å². The molecule has 11 nitrogen and oxygen atoms in total. The first-order chi connectivity index (χ1) is 16.2. The lowest BCUT2D eigenvalue weighted by Gasteiger charge is -2.47. The summed E-state index contributed by atoms with van der Waals surface area (Å²) < 4.78 is 31.7. The highest BCUT2D eigenvalue weighted by Crippen LogP contribution is 2.40. The Labute approximate surface area is 200 Å². The van der Waals surface area contributed by atoms with Crippen LogP contribution in [0.3, 0.4) is 0 Å². The van der Waals surface area contributed by atoms with Gasteiger partial charge in [-0.3, -0.25) is 24.4 Å². The van der Waals surface area contributed by atoms with E-state index in [1.54, 1.807) is 24.1 Å². The molecule has 4 N–H and O–H groups in total. The van der Waals surface area contributed by atoms with Crippen molar-refractivity contribution in [1.82, 2.24) is 14.9 Å². The fourth-order valence-corrected chi connectivity index (χ4v) is 4.92. The van der Waals surface area contributed by atoms with Gasteiger partial charge in [0.2, 0.25) is 5.91 Å². The minimum Gasteiger partial charge on any atom is -0.477 e. The average molecular weight is 515 g/mol. The van der Waals surface area contributed by atoms with Crippen molar-refractivity contribution in [1.29, 1.82) is 0 Å². The van der Waals surface area contributed by atoms with Crippen LogP contribution in [-0.4, -0.2) is 78.7 Å². The van der Waals surface area contributed by atoms with Crippen molar-refractivity contribution in [3.05, 3.63) is 40.5 Å². The molecule has 2 amide bonds. The van der Waals surface area contributed by atoms with Gasteiger partial charge in [0.05, 0.1) is 17.6 Å². The van der Waals surface area contributed by atoms with Crippen LogP contribution in [0.1, 0.15) is 17.8 Å². The van der Waals surface area contributed by atoms with Crippen LogP contribution in [0, 0.1) is 13.8 Å². The van der Waals surface area contributed by atoms with Crippen LogP contribution < -0.4 is 10.6 Å². The Bertz CT molecular complexity index is 1170. The molecule has 0 radical (unpaired) electrons. The Morgan fingerprint density at radius 2 is 1.89 bits per heavy atom. The van der Waals surface area contributed by atoms with E-state index in [0.29, 0.717) is 41.4 Å². The number of hydrogen-bond acceptors (Lipinski definition) is 8. The topological polar surface area (TPSA) is 167 Å². The summed E-state index contributed by atoms with van der Waals surface area (Å²) in [6, 6.07) is -0.680. The fourth-order valence-electron chi connectivity index (χ4n) is 3.67. The molecule has 15 heteroatoms. The Morgan fingerprint density at radius 3 is 2.43 bits per heavy atom. The highest BCUT2D eigenvalue weighted by molar-refractivity contribution is 8.00. The number of nitrogens with two attached hydrogens (primary N) is 1. The Kier molecular flexibility index (Phi) is 7.21. The first-order valence-corrected chi connectivity index (χ1v) is 11.1. The molecule has 1 aromatic heterocycles. The monoisotopic (exact) mass is 515 g/mol. The number of rotatable bonds is 3. The zero-order chi connectivity index (χ0) is 26.2. The number of hydrogen-bond donors (Lipinski definition) is 3. The highest BCUT2D eigenvalue weighted by atomic mass is 32.2. The maximum Gasteiger partial charge on any atom is 0.490 e. The summed E-state index contributed by atoms with van der Waals surface area (Å²) in [6.45, 7) is 4.08. The van der Waals surface area contributed by atoms with Crippen LogP contribution >= 0.6 is 11.8 Å². The lowest BCUT2D eigenvalue weighted by Crippen LogP contribution is -2.68. The van der Waals surface area contributed by atoms with Crippen LogP contribution in [-0.2, 0) is 19.2 Å². The number of β-lactam (4-membered cyclic amide) rings is 1. The van der Waals surface area contributed by atoms with Crippen molar-refractivity contribution < 1.29 is 42.6 Å². The van der Waals surface area contributed by atoms with E-state index in [9.17, 15) is 32.7 Å². The number of aryl methyl sites for hydroxylation is 2. The van der Waals surface area contributed by atoms with E-state index >= 15 is 0 Å². The van der Waals surface area contributed by atoms with E-state index < -0.39 is 30.1 Å². The maximum absolute atomic E-state index is 12.9. The number of halogens is 3. The molecule has 0 spiro atoms. The van der Waals surface area contributed by atoms with E-state index in [2.05, 4.69) is 9.97 Å². The average Bonchev–Trinajstić information content (AvgIpc) is 3.12. The summed E-state index contributed by atoms with van der Waals surface area (Å²) in [5, 5.41) is 16.4. The van der Waals surface area contributed by atoms with E-state index in [0.717, 1.165) is 5.69 Å².